The summed E-state index contributed by atoms with van der Waals surface area (Å²) in [6, 6.07) is 13.9. The van der Waals surface area contributed by atoms with E-state index in [0.29, 0.717) is 47.3 Å². The van der Waals surface area contributed by atoms with E-state index >= 15 is 0 Å². The van der Waals surface area contributed by atoms with Crippen LogP contribution in [0.5, 0.6) is 11.5 Å². The molecule has 31 heavy (non-hydrogen) atoms. The van der Waals surface area contributed by atoms with Gasteiger partial charge in [0.2, 0.25) is 5.91 Å². The molecule has 2 aromatic heterocycles. The number of pyridine rings is 1. The zero-order valence-corrected chi connectivity index (χ0v) is 16.6. The van der Waals surface area contributed by atoms with Crippen LogP contribution < -0.4 is 20.3 Å². The Morgan fingerprint density at radius 3 is 2.71 bits per heavy atom. The van der Waals surface area contributed by atoms with Crippen molar-refractivity contribution < 1.29 is 18.8 Å². The van der Waals surface area contributed by atoms with Gasteiger partial charge in [-0.05, 0) is 25.1 Å². The van der Waals surface area contributed by atoms with Gasteiger partial charge < -0.3 is 19.3 Å². The van der Waals surface area contributed by atoms with Gasteiger partial charge in [0.1, 0.15) is 19.8 Å². The van der Waals surface area contributed by atoms with E-state index in [2.05, 4.69) is 15.5 Å². The van der Waals surface area contributed by atoms with Crippen molar-refractivity contribution >= 4 is 22.5 Å². The number of hydrogen-bond donors (Lipinski definition) is 1. The van der Waals surface area contributed by atoms with Crippen LogP contribution in [0.15, 0.2) is 57.8 Å². The molecule has 0 aliphatic carbocycles. The Balaban J connectivity index is 1.46. The number of nitrogens with zero attached hydrogens (tertiary/aromatic N) is 3. The zero-order valence-electron chi connectivity index (χ0n) is 16.6. The topological polar surface area (TPSA) is 108 Å². The Bertz CT molecular complexity index is 1360. The van der Waals surface area contributed by atoms with Gasteiger partial charge in [-0.25, -0.2) is 0 Å². The second-order valence-corrected chi connectivity index (χ2v) is 7.05. The van der Waals surface area contributed by atoms with Crippen molar-refractivity contribution in [2.45, 2.75) is 13.5 Å². The molecule has 2 aromatic carbocycles. The van der Waals surface area contributed by atoms with E-state index in [1.165, 1.54) is 10.6 Å². The Morgan fingerprint density at radius 2 is 1.90 bits per heavy atom. The number of ether oxygens (including phenoxy) is 2. The summed E-state index contributed by atoms with van der Waals surface area (Å²) in [6.45, 7) is 2.50. The Morgan fingerprint density at radius 1 is 1.10 bits per heavy atom. The normalized spacial score (nSPS) is 12.7. The number of amides is 1. The summed E-state index contributed by atoms with van der Waals surface area (Å²) in [5.74, 6) is 1.61. The van der Waals surface area contributed by atoms with E-state index in [9.17, 15) is 9.59 Å². The minimum absolute atomic E-state index is 0.156. The van der Waals surface area contributed by atoms with E-state index in [-0.39, 0.29) is 23.9 Å². The number of anilines is 1. The summed E-state index contributed by atoms with van der Waals surface area (Å²) in [6.07, 6.45) is 0. The standard InChI is InChI=1S/C22H18N4O5/c1-13-23-22(31-25-13)16-11-21(28)26(17-5-3-2-4-15(16)17)12-20(27)24-14-6-7-18-19(10-14)30-9-8-29-18/h2-7,10-11H,8-9,12H2,1H3,(H,24,27). The predicted molar refractivity (Wildman–Crippen MR) is 112 cm³/mol. The van der Waals surface area contributed by atoms with Gasteiger partial charge in [-0.2, -0.15) is 4.98 Å². The van der Waals surface area contributed by atoms with Crippen molar-refractivity contribution in [3.8, 4) is 23.0 Å². The van der Waals surface area contributed by atoms with Gasteiger partial charge in [-0.1, -0.05) is 23.4 Å². The zero-order chi connectivity index (χ0) is 21.4. The first-order valence-corrected chi connectivity index (χ1v) is 9.71. The lowest BCUT2D eigenvalue weighted by Crippen LogP contribution is -2.28. The average molecular weight is 418 g/mol. The fourth-order valence-corrected chi connectivity index (χ4v) is 3.55. The number of fused-ring (bicyclic) bond motifs is 2. The SMILES string of the molecule is Cc1noc(-c2cc(=O)n(CC(=O)Nc3ccc4c(c3)OCCO4)c3ccccc23)n1. The first-order chi connectivity index (χ1) is 15.1. The van der Waals surface area contributed by atoms with Crippen molar-refractivity contribution in [2.75, 3.05) is 18.5 Å². The number of carbonyl (C=O) groups excluding carboxylic acids is 1. The molecule has 0 atom stereocenters. The molecule has 9 nitrogen and oxygen atoms in total. The third-order valence-electron chi connectivity index (χ3n) is 4.90. The Hall–Kier alpha value is -4.14. The second-order valence-electron chi connectivity index (χ2n) is 7.05. The van der Waals surface area contributed by atoms with Crippen LogP contribution in [0.4, 0.5) is 5.69 Å². The summed E-state index contributed by atoms with van der Waals surface area (Å²) in [4.78, 5) is 29.8. The minimum Gasteiger partial charge on any atom is -0.486 e. The van der Waals surface area contributed by atoms with E-state index in [1.807, 2.05) is 12.1 Å². The van der Waals surface area contributed by atoms with Crippen LogP contribution in [0.25, 0.3) is 22.4 Å². The summed E-state index contributed by atoms with van der Waals surface area (Å²) in [5, 5.41) is 7.34. The average Bonchev–Trinajstić information content (AvgIpc) is 3.21. The highest BCUT2D eigenvalue weighted by Crippen LogP contribution is 2.32. The van der Waals surface area contributed by atoms with E-state index in [0.717, 1.165) is 5.39 Å². The molecular weight excluding hydrogens is 400 g/mol. The van der Waals surface area contributed by atoms with Gasteiger partial charge in [-0.15, -0.1) is 0 Å². The van der Waals surface area contributed by atoms with Crippen LogP contribution in [0, 0.1) is 6.92 Å². The summed E-state index contributed by atoms with van der Waals surface area (Å²) in [5.41, 5.74) is 1.34. The lowest BCUT2D eigenvalue weighted by atomic mass is 10.1. The summed E-state index contributed by atoms with van der Waals surface area (Å²) >= 11 is 0. The van der Waals surface area contributed by atoms with E-state index in [4.69, 9.17) is 14.0 Å². The number of para-hydroxylation sites is 1. The van der Waals surface area contributed by atoms with Crippen LogP contribution >= 0.6 is 0 Å². The van der Waals surface area contributed by atoms with Crippen LogP contribution in [0.1, 0.15) is 5.82 Å². The number of benzene rings is 2. The minimum atomic E-state index is -0.345. The third kappa shape index (κ3) is 3.61. The molecule has 3 heterocycles. The molecular formula is C22H18N4O5. The van der Waals surface area contributed by atoms with Crippen molar-refractivity contribution in [3.05, 3.63) is 64.7 Å². The molecule has 1 N–H and O–H groups in total. The van der Waals surface area contributed by atoms with Gasteiger partial charge in [0.25, 0.3) is 11.4 Å². The quantitative estimate of drug-likeness (QED) is 0.543. The molecule has 0 radical (unpaired) electrons. The number of nitrogens with one attached hydrogen (secondary N) is 1. The maximum absolute atomic E-state index is 12.9. The van der Waals surface area contributed by atoms with Crippen molar-refractivity contribution in [3.63, 3.8) is 0 Å². The summed E-state index contributed by atoms with van der Waals surface area (Å²) < 4.78 is 17.7. The Labute approximate surface area is 176 Å². The molecule has 1 aliphatic rings. The largest absolute Gasteiger partial charge is 0.486 e. The maximum atomic E-state index is 12.9. The van der Waals surface area contributed by atoms with Gasteiger partial charge in [0.05, 0.1) is 11.1 Å². The second kappa shape index (κ2) is 7.60. The first kappa shape index (κ1) is 18.9. The predicted octanol–water partition coefficient (Wildman–Crippen LogP) is 2.77. The van der Waals surface area contributed by atoms with Crippen LogP contribution in [-0.4, -0.2) is 33.8 Å². The molecule has 9 heteroatoms. The molecule has 156 valence electrons. The Kier molecular flexibility index (Phi) is 4.62. The van der Waals surface area contributed by atoms with Crippen LogP contribution in [0.2, 0.25) is 0 Å². The molecule has 0 spiro atoms. The van der Waals surface area contributed by atoms with Gasteiger partial charge in [0, 0.05) is 23.2 Å². The monoisotopic (exact) mass is 418 g/mol. The summed E-state index contributed by atoms with van der Waals surface area (Å²) in [7, 11) is 0. The van der Waals surface area contributed by atoms with Crippen LogP contribution in [-0.2, 0) is 11.3 Å². The van der Waals surface area contributed by atoms with Crippen LogP contribution in [0.3, 0.4) is 0 Å². The van der Waals surface area contributed by atoms with Gasteiger partial charge >= 0.3 is 0 Å². The first-order valence-electron chi connectivity index (χ1n) is 9.71. The number of aromatic nitrogens is 3. The molecule has 1 aliphatic heterocycles. The highest BCUT2D eigenvalue weighted by Gasteiger charge is 2.17. The number of rotatable bonds is 4. The lowest BCUT2D eigenvalue weighted by molar-refractivity contribution is -0.116. The van der Waals surface area contributed by atoms with Gasteiger partial charge in [-0.3, -0.25) is 14.2 Å². The molecule has 0 saturated heterocycles. The highest BCUT2D eigenvalue weighted by molar-refractivity contribution is 5.95. The van der Waals surface area contributed by atoms with E-state index in [1.54, 1.807) is 37.3 Å². The smallest absolute Gasteiger partial charge is 0.258 e. The number of hydrogen-bond acceptors (Lipinski definition) is 7. The molecule has 0 saturated carbocycles. The molecule has 0 bridgehead atoms. The maximum Gasteiger partial charge on any atom is 0.258 e. The molecule has 5 rings (SSSR count). The molecule has 1 amide bonds. The van der Waals surface area contributed by atoms with Crippen molar-refractivity contribution in [1.82, 2.24) is 14.7 Å². The fourth-order valence-electron chi connectivity index (χ4n) is 3.55. The van der Waals surface area contributed by atoms with Crippen molar-refractivity contribution in [1.29, 1.82) is 0 Å². The number of aryl methyl sites for hydroxylation is 1. The van der Waals surface area contributed by atoms with Gasteiger partial charge in [0.15, 0.2) is 17.3 Å². The number of carbonyl (C=O) groups is 1. The molecule has 4 aromatic rings. The molecule has 0 fully saturated rings. The van der Waals surface area contributed by atoms with Crippen molar-refractivity contribution in [2.24, 2.45) is 0 Å². The third-order valence-corrected chi connectivity index (χ3v) is 4.90. The highest BCUT2D eigenvalue weighted by atomic mass is 16.6. The lowest BCUT2D eigenvalue weighted by Gasteiger charge is -2.19. The molecule has 0 unspecified atom stereocenters. The fraction of sp³-hybridized carbons (Fsp3) is 0.182. The van der Waals surface area contributed by atoms with E-state index < -0.39 is 0 Å².